The van der Waals surface area contributed by atoms with Gasteiger partial charge in [-0.05, 0) is 92.4 Å². The second-order valence-electron chi connectivity index (χ2n) is 10.2. The highest BCUT2D eigenvalue weighted by Crippen LogP contribution is 2.50. The summed E-state index contributed by atoms with van der Waals surface area (Å²) in [5.41, 5.74) is 0. The van der Waals surface area contributed by atoms with Crippen LogP contribution in [0.3, 0.4) is 0 Å². The number of benzene rings is 1. The van der Waals surface area contributed by atoms with Crippen LogP contribution in [0.5, 0.6) is 11.5 Å². The third-order valence-electron chi connectivity index (χ3n) is 8.54. The number of esters is 1. The Morgan fingerprint density at radius 2 is 1.65 bits per heavy atom. The van der Waals surface area contributed by atoms with Crippen LogP contribution in [-0.4, -0.2) is 12.6 Å². The second kappa shape index (κ2) is 10.7. The lowest BCUT2D eigenvalue weighted by Gasteiger charge is -2.46. The maximum atomic E-state index is 13.1. The Hall–Kier alpha value is -1.77. The fourth-order valence-corrected chi connectivity index (χ4v) is 6.74. The maximum Gasteiger partial charge on any atom is 0.314 e. The number of hydrogen-bond donors (Lipinski definition) is 0. The molecule has 0 heterocycles. The molecule has 3 saturated carbocycles. The SMILES string of the molecule is C=CCOc1ccc(OC(=O)C2CCCC3CC(C4CCC(CC)CC4)CCC32)cc1. The Morgan fingerprint density at radius 1 is 0.935 bits per heavy atom. The van der Waals surface area contributed by atoms with Gasteiger partial charge in [-0.25, -0.2) is 0 Å². The van der Waals surface area contributed by atoms with E-state index in [4.69, 9.17) is 9.47 Å². The summed E-state index contributed by atoms with van der Waals surface area (Å²) in [4.78, 5) is 13.1. The van der Waals surface area contributed by atoms with Crippen molar-refractivity contribution in [2.24, 2.45) is 35.5 Å². The van der Waals surface area contributed by atoms with Crippen molar-refractivity contribution in [1.82, 2.24) is 0 Å². The molecule has 4 unspecified atom stereocenters. The lowest BCUT2D eigenvalue weighted by molar-refractivity contribution is -0.144. The zero-order valence-electron chi connectivity index (χ0n) is 19.3. The van der Waals surface area contributed by atoms with Crippen LogP contribution in [-0.2, 0) is 4.79 Å². The minimum atomic E-state index is -0.0173. The number of fused-ring (bicyclic) bond motifs is 1. The molecule has 3 aliphatic carbocycles. The third kappa shape index (κ3) is 5.54. The zero-order valence-corrected chi connectivity index (χ0v) is 19.3. The van der Waals surface area contributed by atoms with Crippen molar-refractivity contribution >= 4 is 5.97 Å². The van der Waals surface area contributed by atoms with E-state index in [0.717, 1.165) is 35.8 Å². The van der Waals surface area contributed by atoms with E-state index >= 15 is 0 Å². The smallest absolute Gasteiger partial charge is 0.314 e. The molecule has 0 spiro atoms. The molecular formula is C28H40O3. The molecule has 0 amide bonds. The van der Waals surface area contributed by atoms with Gasteiger partial charge in [0.15, 0.2) is 0 Å². The van der Waals surface area contributed by atoms with Gasteiger partial charge < -0.3 is 9.47 Å². The fraction of sp³-hybridized carbons (Fsp3) is 0.679. The largest absolute Gasteiger partial charge is 0.490 e. The van der Waals surface area contributed by atoms with E-state index in [9.17, 15) is 4.79 Å². The van der Waals surface area contributed by atoms with Crippen LogP contribution >= 0.6 is 0 Å². The van der Waals surface area contributed by atoms with E-state index in [-0.39, 0.29) is 11.9 Å². The van der Waals surface area contributed by atoms with Crippen LogP contribution < -0.4 is 9.47 Å². The molecule has 0 aliphatic heterocycles. The normalized spacial score (nSPS) is 33.2. The molecule has 0 saturated heterocycles. The van der Waals surface area contributed by atoms with Crippen molar-refractivity contribution in [1.29, 1.82) is 0 Å². The van der Waals surface area contributed by atoms with Crippen LogP contribution in [0.1, 0.15) is 77.6 Å². The van der Waals surface area contributed by atoms with Gasteiger partial charge in [0, 0.05) is 0 Å². The molecular weight excluding hydrogens is 384 g/mol. The summed E-state index contributed by atoms with van der Waals surface area (Å²) in [7, 11) is 0. The van der Waals surface area contributed by atoms with E-state index in [0.29, 0.717) is 18.3 Å². The van der Waals surface area contributed by atoms with Crippen LogP contribution in [0.4, 0.5) is 0 Å². The molecule has 0 N–H and O–H groups in total. The Balaban J connectivity index is 1.31. The molecule has 1 aromatic carbocycles. The first-order valence-electron chi connectivity index (χ1n) is 12.7. The van der Waals surface area contributed by atoms with E-state index in [2.05, 4.69) is 13.5 Å². The van der Waals surface area contributed by atoms with Crippen molar-refractivity contribution in [3.8, 4) is 11.5 Å². The first-order chi connectivity index (χ1) is 15.2. The van der Waals surface area contributed by atoms with Crippen molar-refractivity contribution in [3.05, 3.63) is 36.9 Å². The van der Waals surface area contributed by atoms with Crippen molar-refractivity contribution < 1.29 is 14.3 Å². The lowest BCUT2D eigenvalue weighted by Crippen LogP contribution is -2.40. The monoisotopic (exact) mass is 424 g/mol. The summed E-state index contributed by atoms with van der Waals surface area (Å²) in [6, 6.07) is 7.38. The Kier molecular flexibility index (Phi) is 7.74. The van der Waals surface area contributed by atoms with E-state index < -0.39 is 0 Å². The van der Waals surface area contributed by atoms with Crippen LogP contribution in [0.25, 0.3) is 0 Å². The molecule has 3 heteroatoms. The van der Waals surface area contributed by atoms with Gasteiger partial charge in [0.05, 0.1) is 5.92 Å². The van der Waals surface area contributed by atoms with Crippen molar-refractivity contribution in [2.75, 3.05) is 6.61 Å². The predicted molar refractivity (Wildman–Crippen MR) is 125 cm³/mol. The third-order valence-corrected chi connectivity index (χ3v) is 8.54. The summed E-state index contributed by atoms with van der Waals surface area (Å²) >= 11 is 0. The summed E-state index contributed by atoms with van der Waals surface area (Å²) in [5.74, 6) is 5.52. The summed E-state index contributed by atoms with van der Waals surface area (Å²) in [6.45, 7) is 6.49. The highest BCUT2D eigenvalue weighted by Gasteiger charge is 2.43. The van der Waals surface area contributed by atoms with Crippen LogP contribution in [0.15, 0.2) is 36.9 Å². The van der Waals surface area contributed by atoms with Crippen LogP contribution in [0, 0.1) is 35.5 Å². The Morgan fingerprint density at radius 3 is 2.35 bits per heavy atom. The molecule has 0 radical (unpaired) electrons. The Bertz CT molecular complexity index is 716. The lowest BCUT2D eigenvalue weighted by atomic mass is 9.59. The maximum absolute atomic E-state index is 13.1. The molecule has 3 nitrogen and oxygen atoms in total. The molecule has 0 bridgehead atoms. The number of rotatable bonds is 7. The van der Waals surface area contributed by atoms with Gasteiger partial charge in [-0.3, -0.25) is 4.79 Å². The number of carbonyl (C=O) groups is 1. The number of ether oxygens (including phenoxy) is 2. The highest BCUT2D eigenvalue weighted by atomic mass is 16.5. The molecule has 0 aromatic heterocycles. The molecule has 3 fully saturated rings. The topological polar surface area (TPSA) is 35.5 Å². The summed E-state index contributed by atoms with van der Waals surface area (Å²) < 4.78 is 11.3. The standard InChI is InChI=1S/C28H40O3/c1-3-18-30-24-13-15-25(16-14-24)31-28(29)27-7-5-6-23-19-22(12-17-26(23)27)21-10-8-20(4-2)9-11-21/h3,13-16,20-23,26-27H,1,4-12,17-19H2,2H3. The summed E-state index contributed by atoms with van der Waals surface area (Å²) in [6.07, 6.45) is 16.2. The second-order valence-corrected chi connectivity index (χ2v) is 10.2. The van der Waals surface area contributed by atoms with Gasteiger partial charge in [0.1, 0.15) is 18.1 Å². The molecule has 4 atom stereocenters. The van der Waals surface area contributed by atoms with Gasteiger partial charge in [-0.1, -0.05) is 51.7 Å². The minimum Gasteiger partial charge on any atom is -0.490 e. The predicted octanol–water partition coefficient (Wildman–Crippen LogP) is 7.21. The average Bonchev–Trinajstić information content (AvgIpc) is 2.83. The van der Waals surface area contributed by atoms with Gasteiger partial charge in [-0.15, -0.1) is 0 Å². The molecule has 3 aliphatic rings. The van der Waals surface area contributed by atoms with Gasteiger partial charge >= 0.3 is 5.97 Å². The minimum absolute atomic E-state index is 0.0173. The first-order valence-corrected chi connectivity index (χ1v) is 12.7. The summed E-state index contributed by atoms with van der Waals surface area (Å²) in [5, 5.41) is 0. The molecule has 31 heavy (non-hydrogen) atoms. The quantitative estimate of drug-likeness (QED) is 0.264. The molecule has 1 aromatic rings. The fourth-order valence-electron chi connectivity index (χ4n) is 6.74. The van der Waals surface area contributed by atoms with Gasteiger partial charge in [0.2, 0.25) is 0 Å². The first kappa shape index (κ1) is 22.4. The number of hydrogen-bond acceptors (Lipinski definition) is 3. The van der Waals surface area contributed by atoms with E-state index in [1.807, 2.05) is 24.3 Å². The van der Waals surface area contributed by atoms with Crippen LogP contribution in [0.2, 0.25) is 0 Å². The molecule has 170 valence electrons. The number of carbonyl (C=O) groups excluding carboxylic acids is 1. The van der Waals surface area contributed by atoms with Crippen molar-refractivity contribution in [2.45, 2.75) is 77.6 Å². The zero-order chi connectivity index (χ0) is 21.6. The van der Waals surface area contributed by atoms with E-state index in [1.54, 1.807) is 6.08 Å². The Labute approximate surface area is 188 Å². The average molecular weight is 425 g/mol. The molecule has 4 rings (SSSR count). The van der Waals surface area contributed by atoms with E-state index in [1.165, 1.54) is 64.2 Å². The van der Waals surface area contributed by atoms with Gasteiger partial charge in [-0.2, -0.15) is 0 Å². The van der Waals surface area contributed by atoms with Gasteiger partial charge in [0.25, 0.3) is 0 Å². The van der Waals surface area contributed by atoms with Crippen molar-refractivity contribution in [3.63, 3.8) is 0 Å². The highest BCUT2D eigenvalue weighted by molar-refractivity contribution is 5.75.